The van der Waals surface area contributed by atoms with Crippen molar-refractivity contribution >= 4 is 45.9 Å². The first-order valence-electron chi connectivity index (χ1n) is 12.4. The van der Waals surface area contributed by atoms with Crippen LogP contribution in [0.1, 0.15) is 41.0 Å². The van der Waals surface area contributed by atoms with Crippen molar-refractivity contribution < 1.29 is 14.3 Å². The van der Waals surface area contributed by atoms with Gasteiger partial charge in [-0.2, -0.15) is 0 Å². The monoisotopic (exact) mass is 552 g/mol. The largest absolute Gasteiger partial charge is 0.491 e. The van der Waals surface area contributed by atoms with Gasteiger partial charge >= 0.3 is 0 Å². The summed E-state index contributed by atoms with van der Waals surface area (Å²) in [5, 5.41) is 9.89. The number of amides is 1. The Labute approximate surface area is 231 Å². The number of benzene rings is 3. The molecule has 0 radical (unpaired) electrons. The Kier molecular flexibility index (Phi) is 8.59. The summed E-state index contributed by atoms with van der Waals surface area (Å²) < 4.78 is 9.11. The third-order valence-corrected chi connectivity index (χ3v) is 6.76. The maximum atomic E-state index is 13.0. The van der Waals surface area contributed by atoms with E-state index in [0.717, 1.165) is 5.75 Å². The highest BCUT2D eigenvalue weighted by Crippen LogP contribution is 2.24. The summed E-state index contributed by atoms with van der Waals surface area (Å²) >= 11 is 12.5. The van der Waals surface area contributed by atoms with Crippen molar-refractivity contribution in [3.05, 3.63) is 93.5 Å². The highest BCUT2D eigenvalue weighted by molar-refractivity contribution is 6.35. The predicted octanol–water partition coefficient (Wildman–Crippen LogP) is 6.06. The smallest absolute Gasteiger partial charge is 0.253 e. The molecule has 0 aliphatic heterocycles. The number of para-hydroxylation sites is 1. The van der Waals surface area contributed by atoms with E-state index in [0.29, 0.717) is 51.7 Å². The molecule has 0 aliphatic rings. The molecule has 9 heteroatoms. The minimum Gasteiger partial charge on any atom is -0.491 e. The quantitative estimate of drug-likeness (QED) is 0.243. The lowest BCUT2D eigenvalue weighted by atomic mass is 10.1. The van der Waals surface area contributed by atoms with Gasteiger partial charge in [0.2, 0.25) is 5.62 Å². The fraction of sp³-hybridized carbons (Fsp3) is 0.276. The number of carbonyl (C=O) groups is 2. The van der Waals surface area contributed by atoms with E-state index in [1.165, 1.54) is 0 Å². The molecule has 0 bridgehead atoms. The summed E-state index contributed by atoms with van der Waals surface area (Å²) in [6.45, 7) is 4.85. The molecule has 1 amide bonds. The standard InChI is InChI=1S/C29H30Cl2N4O3/c1-19(2)38-23-14-10-21(11-15-23)28(37)33(3)16-5-17-34-27-24(31)6-4-7-25(27)35(29(34)32)18-26(36)20-8-12-22(30)13-9-20/h4,6-15,19,32H,5,16-18H2,1-3H3. The minimum absolute atomic E-state index is 0.000778. The van der Waals surface area contributed by atoms with Crippen LogP contribution in [0.5, 0.6) is 5.75 Å². The molecule has 0 fully saturated rings. The number of hydrogen-bond acceptors (Lipinski definition) is 4. The van der Waals surface area contributed by atoms with Crippen LogP contribution >= 0.6 is 23.2 Å². The Hall–Kier alpha value is -3.55. The number of halogens is 2. The van der Waals surface area contributed by atoms with Gasteiger partial charge in [0.05, 0.1) is 28.7 Å². The molecule has 198 valence electrons. The normalized spacial score (nSPS) is 11.2. The molecular weight excluding hydrogens is 523 g/mol. The van der Waals surface area contributed by atoms with E-state index in [1.54, 1.807) is 75.7 Å². The summed E-state index contributed by atoms with van der Waals surface area (Å²) in [4.78, 5) is 27.5. The summed E-state index contributed by atoms with van der Waals surface area (Å²) in [6.07, 6.45) is 0.664. The van der Waals surface area contributed by atoms with Crippen LogP contribution in [-0.2, 0) is 13.1 Å². The molecule has 4 aromatic rings. The number of carbonyl (C=O) groups excluding carboxylic acids is 2. The molecule has 0 saturated heterocycles. The van der Waals surface area contributed by atoms with Gasteiger partial charge in [-0.15, -0.1) is 0 Å². The number of imidazole rings is 1. The maximum absolute atomic E-state index is 13.0. The number of rotatable bonds is 10. The first-order valence-corrected chi connectivity index (χ1v) is 13.1. The van der Waals surface area contributed by atoms with Crippen LogP contribution < -0.4 is 10.4 Å². The zero-order valence-electron chi connectivity index (χ0n) is 21.6. The number of aryl methyl sites for hydroxylation is 1. The lowest BCUT2D eigenvalue weighted by Gasteiger charge is -2.18. The maximum Gasteiger partial charge on any atom is 0.253 e. The van der Waals surface area contributed by atoms with E-state index in [9.17, 15) is 9.59 Å². The number of nitrogens with one attached hydrogen (secondary N) is 1. The molecule has 38 heavy (non-hydrogen) atoms. The SMILES string of the molecule is CC(C)Oc1ccc(C(=O)N(C)CCCn2c(=N)n(CC(=O)c3ccc(Cl)cc3)c3cccc(Cl)c32)cc1. The average molecular weight is 553 g/mol. The third-order valence-electron chi connectivity index (χ3n) is 6.20. The zero-order valence-corrected chi connectivity index (χ0v) is 23.1. The van der Waals surface area contributed by atoms with E-state index in [1.807, 2.05) is 26.0 Å². The Morgan fingerprint density at radius 3 is 2.26 bits per heavy atom. The number of hydrogen-bond donors (Lipinski definition) is 1. The van der Waals surface area contributed by atoms with Gasteiger partial charge in [0.15, 0.2) is 5.78 Å². The summed E-state index contributed by atoms with van der Waals surface area (Å²) in [6, 6.07) is 19.3. The van der Waals surface area contributed by atoms with E-state index < -0.39 is 0 Å². The molecule has 0 saturated carbocycles. The molecule has 0 atom stereocenters. The first-order chi connectivity index (χ1) is 18.2. The first kappa shape index (κ1) is 27.5. The molecule has 0 aliphatic carbocycles. The Morgan fingerprint density at radius 1 is 0.947 bits per heavy atom. The van der Waals surface area contributed by atoms with Crippen molar-refractivity contribution in [2.45, 2.75) is 39.5 Å². The van der Waals surface area contributed by atoms with Crippen molar-refractivity contribution in [1.29, 1.82) is 5.41 Å². The van der Waals surface area contributed by atoms with Gasteiger partial charge in [0, 0.05) is 36.3 Å². The molecule has 0 spiro atoms. The van der Waals surface area contributed by atoms with E-state index in [2.05, 4.69) is 0 Å². The number of nitrogens with zero attached hydrogens (tertiary/aromatic N) is 3. The topological polar surface area (TPSA) is 80.3 Å². The second-order valence-electron chi connectivity index (χ2n) is 9.37. The van der Waals surface area contributed by atoms with Crippen LogP contribution in [0.2, 0.25) is 10.0 Å². The Bertz CT molecular complexity index is 1510. The fourth-order valence-electron chi connectivity index (χ4n) is 4.34. The van der Waals surface area contributed by atoms with Crippen LogP contribution in [-0.4, -0.2) is 45.4 Å². The van der Waals surface area contributed by atoms with Crippen molar-refractivity contribution in [2.75, 3.05) is 13.6 Å². The van der Waals surface area contributed by atoms with Gasteiger partial charge < -0.3 is 18.8 Å². The second-order valence-corrected chi connectivity index (χ2v) is 10.2. The molecule has 3 aromatic carbocycles. The summed E-state index contributed by atoms with van der Waals surface area (Å²) in [7, 11) is 1.76. The van der Waals surface area contributed by atoms with Crippen LogP contribution in [0.15, 0.2) is 66.7 Å². The van der Waals surface area contributed by atoms with Crippen molar-refractivity contribution in [1.82, 2.24) is 14.0 Å². The molecule has 1 N–H and O–H groups in total. The molecule has 4 rings (SSSR count). The lowest BCUT2D eigenvalue weighted by molar-refractivity contribution is 0.0791. The third kappa shape index (κ3) is 6.11. The zero-order chi connectivity index (χ0) is 27.4. The van der Waals surface area contributed by atoms with Crippen LogP contribution in [0.3, 0.4) is 0 Å². The molecule has 0 unspecified atom stereocenters. The number of aromatic nitrogens is 2. The van der Waals surface area contributed by atoms with Gasteiger partial charge in [0.25, 0.3) is 5.91 Å². The van der Waals surface area contributed by atoms with E-state index in [-0.39, 0.29) is 30.0 Å². The average Bonchev–Trinajstić information content (AvgIpc) is 3.15. The van der Waals surface area contributed by atoms with Gasteiger partial charge in [-0.05, 0) is 80.9 Å². The van der Waals surface area contributed by atoms with Crippen molar-refractivity contribution in [2.24, 2.45) is 0 Å². The van der Waals surface area contributed by atoms with E-state index in [4.69, 9.17) is 33.3 Å². The van der Waals surface area contributed by atoms with Crippen LogP contribution in [0, 0.1) is 5.41 Å². The number of ether oxygens (including phenoxy) is 1. The van der Waals surface area contributed by atoms with Crippen molar-refractivity contribution in [3.8, 4) is 5.75 Å². The second kappa shape index (κ2) is 11.9. The highest BCUT2D eigenvalue weighted by atomic mass is 35.5. The molecular formula is C29H30Cl2N4O3. The number of Topliss-reactive ketones (excluding diaryl/α,β-unsaturated/α-hetero) is 1. The molecule has 7 nitrogen and oxygen atoms in total. The number of fused-ring (bicyclic) bond motifs is 1. The highest BCUT2D eigenvalue weighted by Gasteiger charge is 2.18. The van der Waals surface area contributed by atoms with Gasteiger partial charge in [-0.1, -0.05) is 29.3 Å². The van der Waals surface area contributed by atoms with Gasteiger partial charge in [-0.25, -0.2) is 0 Å². The Morgan fingerprint density at radius 2 is 1.61 bits per heavy atom. The van der Waals surface area contributed by atoms with E-state index >= 15 is 0 Å². The lowest BCUT2D eigenvalue weighted by Crippen LogP contribution is -2.31. The molecule has 1 aromatic heterocycles. The minimum atomic E-state index is -0.130. The van der Waals surface area contributed by atoms with Gasteiger partial charge in [0.1, 0.15) is 5.75 Å². The summed E-state index contributed by atoms with van der Waals surface area (Å²) in [5.41, 5.74) is 2.67. The van der Waals surface area contributed by atoms with Crippen LogP contribution in [0.25, 0.3) is 11.0 Å². The van der Waals surface area contributed by atoms with Gasteiger partial charge in [-0.3, -0.25) is 15.0 Å². The van der Waals surface area contributed by atoms with Crippen molar-refractivity contribution in [3.63, 3.8) is 0 Å². The van der Waals surface area contributed by atoms with Crippen LogP contribution in [0.4, 0.5) is 0 Å². The summed E-state index contributed by atoms with van der Waals surface area (Å²) in [5.74, 6) is 0.502. The Balaban J connectivity index is 1.48. The fourth-order valence-corrected chi connectivity index (χ4v) is 4.74. The predicted molar refractivity (Wildman–Crippen MR) is 150 cm³/mol. The number of ketones is 1. The molecule has 1 heterocycles.